The monoisotopic (exact) mass is 265 g/mol. The van der Waals surface area contributed by atoms with Crippen molar-refractivity contribution in [1.29, 1.82) is 0 Å². The second-order valence-electron chi connectivity index (χ2n) is 3.88. The smallest absolute Gasteiger partial charge is 0.310 e. The first-order valence-corrected chi connectivity index (χ1v) is 6.32. The molecule has 0 saturated carbocycles. The Labute approximate surface area is 106 Å². The highest BCUT2D eigenvalue weighted by molar-refractivity contribution is 6.36. The summed E-state index contributed by atoms with van der Waals surface area (Å²) >= 11 is 11.4. The number of carbonyl (C=O) groups is 1. The predicted molar refractivity (Wildman–Crippen MR) is 65.6 cm³/mol. The average Bonchev–Trinajstić information content (AvgIpc) is 2.29. The van der Waals surface area contributed by atoms with E-state index in [9.17, 15) is 4.79 Å². The van der Waals surface area contributed by atoms with E-state index in [4.69, 9.17) is 27.9 Å². The maximum atomic E-state index is 11.6. The van der Waals surface area contributed by atoms with Crippen molar-refractivity contribution >= 4 is 29.2 Å². The lowest BCUT2D eigenvalue weighted by molar-refractivity contribution is -0.149. The fraction of sp³-hybridized carbons (Fsp3) is 0.727. The fourth-order valence-corrected chi connectivity index (χ4v) is 2.14. The van der Waals surface area contributed by atoms with Crippen LogP contribution in [0.15, 0.2) is 10.6 Å². The molecule has 0 N–H and O–H groups in total. The standard InChI is InChI=1S/C11H17Cl2NO2/c1-2-16-11(15)9-4-3-5-14(7-9)8-10(13)6-12/h6,9H,2-5,7-8H2,1H3. The summed E-state index contributed by atoms with van der Waals surface area (Å²) in [5.41, 5.74) is 1.37. The van der Waals surface area contributed by atoms with Gasteiger partial charge in [0.2, 0.25) is 0 Å². The zero-order valence-corrected chi connectivity index (χ0v) is 10.9. The summed E-state index contributed by atoms with van der Waals surface area (Å²) < 4.78 is 5.02. The van der Waals surface area contributed by atoms with Gasteiger partial charge in [-0.1, -0.05) is 23.2 Å². The van der Waals surface area contributed by atoms with E-state index < -0.39 is 0 Å². The maximum absolute atomic E-state index is 11.6. The SMILES string of the molecule is CCOC(=O)C1CCCN(CC(Cl)=CCl)C1. The van der Waals surface area contributed by atoms with Gasteiger partial charge in [-0.25, -0.2) is 0 Å². The number of likely N-dealkylation sites (tertiary alicyclic amines) is 1. The van der Waals surface area contributed by atoms with Crippen LogP contribution in [0.1, 0.15) is 19.8 Å². The number of hydrogen-bond donors (Lipinski definition) is 0. The van der Waals surface area contributed by atoms with Gasteiger partial charge in [0.25, 0.3) is 0 Å². The molecule has 16 heavy (non-hydrogen) atoms. The van der Waals surface area contributed by atoms with Gasteiger partial charge in [0, 0.05) is 23.7 Å². The third kappa shape index (κ3) is 4.32. The molecule has 5 heteroatoms. The number of hydrogen-bond acceptors (Lipinski definition) is 3. The minimum Gasteiger partial charge on any atom is -0.466 e. The quantitative estimate of drug-likeness (QED) is 0.732. The summed E-state index contributed by atoms with van der Waals surface area (Å²) in [6.45, 7) is 4.54. The Kier molecular flexibility index (Phi) is 6.17. The molecule has 3 nitrogen and oxygen atoms in total. The van der Waals surface area contributed by atoms with Crippen LogP contribution in [0.5, 0.6) is 0 Å². The number of rotatable bonds is 4. The van der Waals surface area contributed by atoms with E-state index in [0.29, 0.717) is 24.7 Å². The third-order valence-corrected chi connectivity index (χ3v) is 3.22. The maximum Gasteiger partial charge on any atom is 0.310 e. The lowest BCUT2D eigenvalue weighted by atomic mass is 9.98. The van der Waals surface area contributed by atoms with Crippen LogP contribution < -0.4 is 0 Å². The van der Waals surface area contributed by atoms with Gasteiger partial charge in [-0.15, -0.1) is 0 Å². The topological polar surface area (TPSA) is 29.5 Å². The highest BCUT2D eigenvalue weighted by Gasteiger charge is 2.26. The normalized spacial score (nSPS) is 23.2. The molecule has 0 aromatic rings. The first kappa shape index (κ1) is 13.8. The van der Waals surface area contributed by atoms with Crippen molar-refractivity contribution < 1.29 is 9.53 Å². The van der Waals surface area contributed by atoms with E-state index in [2.05, 4.69) is 4.90 Å². The molecule has 0 aromatic carbocycles. The molecule has 1 heterocycles. The molecule has 0 amide bonds. The van der Waals surface area contributed by atoms with Crippen LogP contribution in [-0.2, 0) is 9.53 Å². The fourth-order valence-electron chi connectivity index (χ4n) is 1.90. The van der Waals surface area contributed by atoms with E-state index in [1.54, 1.807) is 0 Å². The lowest BCUT2D eigenvalue weighted by Gasteiger charge is -2.31. The molecule has 1 fully saturated rings. The highest BCUT2D eigenvalue weighted by atomic mass is 35.5. The van der Waals surface area contributed by atoms with E-state index in [1.165, 1.54) is 5.54 Å². The van der Waals surface area contributed by atoms with Crippen molar-refractivity contribution in [2.75, 3.05) is 26.2 Å². The molecule has 1 unspecified atom stereocenters. The van der Waals surface area contributed by atoms with Gasteiger partial charge >= 0.3 is 5.97 Å². The Morgan fingerprint density at radius 2 is 2.38 bits per heavy atom. The zero-order valence-electron chi connectivity index (χ0n) is 9.42. The largest absolute Gasteiger partial charge is 0.466 e. The summed E-state index contributed by atoms with van der Waals surface area (Å²) in [6.07, 6.45) is 1.90. The molecule has 1 rings (SSSR count). The number of nitrogens with zero attached hydrogens (tertiary/aromatic N) is 1. The second-order valence-corrected chi connectivity index (χ2v) is 4.59. The third-order valence-electron chi connectivity index (χ3n) is 2.62. The predicted octanol–water partition coefficient (Wildman–Crippen LogP) is 2.58. The molecule has 0 spiro atoms. The first-order chi connectivity index (χ1) is 7.67. The summed E-state index contributed by atoms with van der Waals surface area (Å²) in [5, 5.41) is 0.603. The minimum atomic E-state index is -0.0989. The van der Waals surface area contributed by atoms with Crippen molar-refractivity contribution in [3.63, 3.8) is 0 Å². The van der Waals surface area contributed by atoms with Crippen LogP contribution in [-0.4, -0.2) is 37.1 Å². The Hall–Kier alpha value is -0.250. The number of piperidine rings is 1. The Bertz CT molecular complexity index is 269. The summed E-state index contributed by atoms with van der Waals surface area (Å²) in [5.74, 6) is -0.119. The van der Waals surface area contributed by atoms with Crippen LogP contribution in [0.25, 0.3) is 0 Å². The first-order valence-electron chi connectivity index (χ1n) is 5.51. The van der Waals surface area contributed by atoms with Gasteiger partial charge in [0.1, 0.15) is 0 Å². The van der Waals surface area contributed by atoms with Crippen LogP contribution in [0.4, 0.5) is 0 Å². The van der Waals surface area contributed by atoms with Gasteiger partial charge in [0.05, 0.1) is 12.5 Å². The molecule has 1 atom stereocenters. The van der Waals surface area contributed by atoms with Gasteiger partial charge in [-0.3, -0.25) is 9.69 Å². The van der Waals surface area contributed by atoms with Gasteiger partial charge in [-0.2, -0.15) is 0 Å². The Morgan fingerprint density at radius 1 is 1.62 bits per heavy atom. The van der Waals surface area contributed by atoms with Crippen molar-refractivity contribution in [1.82, 2.24) is 4.90 Å². The summed E-state index contributed by atoms with van der Waals surface area (Å²) in [6, 6.07) is 0. The highest BCUT2D eigenvalue weighted by Crippen LogP contribution is 2.19. The number of ether oxygens (including phenoxy) is 1. The Balaban J connectivity index is 2.43. The molecule has 1 aliphatic rings. The lowest BCUT2D eigenvalue weighted by Crippen LogP contribution is -2.39. The molecular weight excluding hydrogens is 249 g/mol. The molecule has 0 bridgehead atoms. The van der Waals surface area contributed by atoms with E-state index >= 15 is 0 Å². The second kappa shape index (κ2) is 7.15. The molecule has 1 saturated heterocycles. The van der Waals surface area contributed by atoms with Crippen LogP contribution >= 0.6 is 23.2 Å². The molecular formula is C11H17Cl2NO2. The summed E-state index contributed by atoms with van der Waals surface area (Å²) in [4.78, 5) is 13.7. The van der Waals surface area contributed by atoms with Crippen molar-refractivity contribution in [3.05, 3.63) is 10.6 Å². The average molecular weight is 266 g/mol. The van der Waals surface area contributed by atoms with Crippen LogP contribution in [0, 0.1) is 5.92 Å². The molecule has 0 aliphatic carbocycles. The summed E-state index contributed by atoms with van der Waals surface area (Å²) in [7, 11) is 0. The van der Waals surface area contributed by atoms with E-state index in [-0.39, 0.29) is 11.9 Å². The van der Waals surface area contributed by atoms with Gasteiger partial charge in [0.15, 0.2) is 0 Å². The van der Waals surface area contributed by atoms with Gasteiger partial charge < -0.3 is 4.74 Å². The van der Waals surface area contributed by atoms with E-state index in [0.717, 1.165) is 19.4 Å². The van der Waals surface area contributed by atoms with Gasteiger partial charge in [-0.05, 0) is 26.3 Å². The molecule has 92 valence electrons. The molecule has 0 radical (unpaired) electrons. The van der Waals surface area contributed by atoms with E-state index in [1.807, 2.05) is 6.92 Å². The Morgan fingerprint density at radius 3 is 3.00 bits per heavy atom. The number of carbonyl (C=O) groups excluding carboxylic acids is 1. The van der Waals surface area contributed by atoms with Crippen molar-refractivity contribution in [2.24, 2.45) is 5.92 Å². The van der Waals surface area contributed by atoms with Crippen LogP contribution in [0.2, 0.25) is 0 Å². The van der Waals surface area contributed by atoms with Crippen molar-refractivity contribution in [3.8, 4) is 0 Å². The minimum absolute atomic E-state index is 0.0199. The number of esters is 1. The molecule has 1 aliphatic heterocycles. The number of halogens is 2. The zero-order chi connectivity index (χ0) is 12.0. The molecule has 0 aromatic heterocycles. The van der Waals surface area contributed by atoms with Crippen molar-refractivity contribution in [2.45, 2.75) is 19.8 Å². The van der Waals surface area contributed by atoms with Crippen LogP contribution in [0.3, 0.4) is 0 Å².